The fourth-order valence-corrected chi connectivity index (χ4v) is 2.63. The van der Waals surface area contributed by atoms with Gasteiger partial charge in [-0.05, 0) is 48.9 Å². The molecule has 0 radical (unpaired) electrons. The van der Waals surface area contributed by atoms with Gasteiger partial charge in [0.15, 0.2) is 0 Å². The zero-order chi connectivity index (χ0) is 18.8. The van der Waals surface area contributed by atoms with Crippen molar-refractivity contribution in [3.05, 3.63) is 59.7 Å². The molecular formula is C18H16F2N4O2. The van der Waals surface area contributed by atoms with Gasteiger partial charge >= 0.3 is 0 Å². The molecule has 0 aliphatic carbocycles. The minimum absolute atomic E-state index is 0.0218. The third-order valence-corrected chi connectivity index (χ3v) is 3.96. The lowest BCUT2D eigenvalue weighted by Gasteiger charge is -2.20. The molecule has 2 amide bonds. The Morgan fingerprint density at radius 1 is 1.19 bits per heavy atom. The van der Waals surface area contributed by atoms with Crippen LogP contribution in [-0.4, -0.2) is 23.6 Å². The van der Waals surface area contributed by atoms with Crippen LogP contribution in [0.15, 0.2) is 47.6 Å². The van der Waals surface area contributed by atoms with Gasteiger partial charge in [0, 0.05) is 6.42 Å². The zero-order valence-corrected chi connectivity index (χ0v) is 13.9. The first-order valence-corrected chi connectivity index (χ1v) is 7.84. The third-order valence-electron chi connectivity index (χ3n) is 3.96. The SMILES string of the molecule is Cc1ccc(F)c(NC(=O)C2=NN(c3ccc(F)cc3)C(C(N)=O)C2)c1. The van der Waals surface area contributed by atoms with Gasteiger partial charge in [0.1, 0.15) is 23.4 Å². The summed E-state index contributed by atoms with van der Waals surface area (Å²) in [6.45, 7) is 1.77. The summed E-state index contributed by atoms with van der Waals surface area (Å²) < 4.78 is 26.9. The summed E-state index contributed by atoms with van der Waals surface area (Å²) in [5.74, 6) is -2.34. The maximum atomic E-state index is 13.8. The average Bonchev–Trinajstić information content (AvgIpc) is 3.04. The van der Waals surface area contributed by atoms with Gasteiger partial charge in [-0.25, -0.2) is 8.78 Å². The Bertz CT molecular complexity index is 897. The first-order chi connectivity index (χ1) is 12.3. The van der Waals surface area contributed by atoms with Crippen LogP contribution < -0.4 is 16.1 Å². The summed E-state index contributed by atoms with van der Waals surface area (Å²) in [6.07, 6.45) is -0.0357. The lowest BCUT2D eigenvalue weighted by atomic mass is 10.1. The van der Waals surface area contributed by atoms with E-state index in [-0.39, 0.29) is 17.8 Å². The van der Waals surface area contributed by atoms with Crippen molar-refractivity contribution in [1.82, 2.24) is 0 Å². The molecule has 0 fully saturated rings. The molecule has 26 heavy (non-hydrogen) atoms. The van der Waals surface area contributed by atoms with Gasteiger partial charge in [0.25, 0.3) is 5.91 Å². The molecule has 1 aliphatic rings. The van der Waals surface area contributed by atoms with E-state index in [1.807, 2.05) is 0 Å². The Morgan fingerprint density at radius 2 is 1.88 bits per heavy atom. The van der Waals surface area contributed by atoms with Crippen LogP contribution in [0.4, 0.5) is 20.2 Å². The highest BCUT2D eigenvalue weighted by Gasteiger charge is 2.35. The number of halogens is 2. The van der Waals surface area contributed by atoms with Crippen molar-refractivity contribution >= 4 is 28.9 Å². The molecule has 3 N–H and O–H groups in total. The van der Waals surface area contributed by atoms with Crippen LogP contribution in [0.3, 0.4) is 0 Å². The van der Waals surface area contributed by atoms with E-state index in [4.69, 9.17) is 5.73 Å². The standard InChI is InChI=1S/C18H16F2N4O2/c1-10-2-7-13(20)14(8-10)22-18(26)15-9-16(17(21)25)24(23-15)12-5-3-11(19)4-6-12/h2-8,16H,9H2,1H3,(H2,21,25)(H,22,26). The predicted molar refractivity (Wildman–Crippen MR) is 93.7 cm³/mol. The lowest BCUT2D eigenvalue weighted by Crippen LogP contribution is -2.39. The number of hydrazone groups is 1. The summed E-state index contributed by atoms with van der Waals surface area (Å²) in [5, 5.41) is 7.85. The molecule has 1 aliphatic heterocycles. The molecule has 0 saturated carbocycles. The summed E-state index contributed by atoms with van der Waals surface area (Å²) in [5.41, 5.74) is 6.64. The largest absolute Gasteiger partial charge is 0.368 e. The van der Waals surface area contributed by atoms with Crippen LogP contribution in [0.1, 0.15) is 12.0 Å². The molecule has 1 unspecified atom stereocenters. The van der Waals surface area contributed by atoms with Crippen molar-refractivity contribution in [2.75, 3.05) is 10.3 Å². The topological polar surface area (TPSA) is 87.8 Å². The Hall–Kier alpha value is -3.29. The van der Waals surface area contributed by atoms with Crippen molar-refractivity contribution in [2.45, 2.75) is 19.4 Å². The molecule has 2 aromatic rings. The summed E-state index contributed by atoms with van der Waals surface area (Å²) in [6, 6.07) is 8.71. The summed E-state index contributed by atoms with van der Waals surface area (Å²) in [7, 11) is 0. The molecule has 0 saturated heterocycles. The first kappa shape index (κ1) is 17.5. The van der Waals surface area contributed by atoms with E-state index in [1.54, 1.807) is 13.0 Å². The fraction of sp³-hybridized carbons (Fsp3) is 0.167. The minimum Gasteiger partial charge on any atom is -0.368 e. The van der Waals surface area contributed by atoms with Gasteiger partial charge in [0.2, 0.25) is 5.91 Å². The predicted octanol–water partition coefficient (Wildman–Crippen LogP) is 2.33. The average molecular weight is 358 g/mol. The molecule has 1 atom stereocenters. The van der Waals surface area contributed by atoms with Gasteiger partial charge in [-0.15, -0.1) is 0 Å². The monoisotopic (exact) mass is 358 g/mol. The van der Waals surface area contributed by atoms with E-state index in [9.17, 15) is 18.4 Å². The van der Waals surface area contributed by atoms with Crippen LogP contribution in [0.5, 0.6) is 0 Å². The number of hydrogen-bond acceptors (Lipinski definition) is 4. The van der Waals surface area contributed by atoms with Crippen molar-refractivity contribution < 1.29 is 18.4 Å². The molecule has 3 rings (SSSR count). The molecule has 0 bridgehead atoms. The van der Waals surface area contributed by atoms with E-state index in [0.717, 1.165) is 5.56 Å². The number of benzene rings is 2. The number of hydrogen-bond donors (Lipinski definition) is 2. The third kappa shape index (κ3) is 3.53. The number of nitrogens with two attached hydrogens (primary N) is 1. The molecule has 134 valence electrons. The second-order valence-electron chi connectivity index (χ2n) is 5.93. The molecular weight excluding hydrogens is 342 g/mol. The van der Waals surface area contributed by atoms with E-state index < -0.39 is 29.5 Å². The molecule has 0 spiro atoms. The highest BCUT2D eigenvalue weighted by molar-refractivity contribution is 6.44. The second-order valence-corrected chi connectivity index (χ2v) is 5.93. The fourth-order valence-electron chi connectivity index (χ4n) is 2.63. The number of primary amides is 1. The van der Waals surface area contributed by atoms with Gasteiger partial charge < -0.3 is 11.1 Å². The van der Waals surface area contributed by atoms with Crippen LogP contribution in [-0.2, 0) is 9.59 Å². The Kier molecular flexibility index (Phi) is 4.66. The number of rotatable bonds is 4. The number of nitrogens with one attached hydrogen (secondary N) is 1. The van der Waals surface area contributed by atoms with E-state index in [0.29, 0.717) is 5.69 Å². The van der Waals surface area contributed by atoms with Crippen LogP contribution in [0.25, 0.3) is 0 Å². The quantitative estimate of drug-likeness (QED) is 0.879. The number of amides is 2. The number of aryl methyl sites for hydroxylation is 1. The number of anilines is 2. The second kappa shape index (κ2) is 6.91. The lowest BCUT2D eigenvalue weighted by molar-refractivity contribution is -0.119. The molecule has 8 heteroatoms. The molecule has 6 nitrogen and oxygen atoms in total. The van der Waals surface area contributed by atoms with E-state index in [2.05, 4.69) is 10.4 Å². The maximum absolute atomic E-state index is 13.8. The number of carbonyl (C=O) groups excluding carboxylic acids is 2. The smallest absolute Gasteiger partial charge is 0.272 e. The molecule has 1 heterocycles. The molecule has 2 aromatic carbocycles. The summed E-state index contributed by atoms with van der Waals surface area (Å²) >= 11 is 0. The highest BCUT2D eigenvalue weighted by atomic mass is 19.1. The minimum atomic E-state index is -0.886. The van der Waals surface area contributed by atoms with Gasteiger partial charge in [-0.3, -0.25) is 14.6 Å². The van der Waals surface area contributed by atoms with Crippen LogP contribution in [0, 0.1) is 18.6 Å². The normalized spacial score (nSPS) is 16.3. The van der Waals surface area contributed by atoms with Crippen molar-refractivity contribution in [3.8, 4) is 0 Å². The Labute approximate surface area is 148 Å². The first-order valence-electron chi connectivity index (χ1n) is 7.84. The highest BCUT2D eigenvalue weighted by Crippen LogP contribution is 2.25. The van der Waals surface area contributed by atoms with Gasteiger partial charge in [-0.2, -0.15) is 5.10 Å². The van der Waals surface area contributed by atoms with Gasteiger partial charge in [-0.1, -0.05) is 6.07 Å². The van der Waals surface area contributed by atoms with E-state index in [1.165, 1.54) is 41.4 Å². The van der Waals surface area contributed by atoms with E-state index >= 15 is 0 Å². The van der Waals surface area contributed by atoms with Crippen molar-refractivity contribution in [3.63, 3.8) is 0 Å². The zero-order valence-electron chi connectivity index (χ0n) is 13.9. The number of carbonyl (C=O) groups is 2. The Morgan fingerprint density at radius 3 is 2.54 bits per heavy atom. The number of nitrogens with zero attached hydrogens (tertiary/aromatic N) is 2. The van der Waals surface area contributed by atoms with Crippen molar-refractivity contribution in [2.24, 2.45) is 10.8 Å². The Balaban J connectivity index is 1.86. The maximum Gasteiger partial charge on any atom is 0.272 e. The van der Waals surface area contributed by atoms with Crippen LogP contribution >= 0.6 is 0 Å². The van der Waals surface area contributed by atoms with Crippen molar-refractivity contribution in [1.29, 1.82) is 0 Å². The van der Waals surface area contributed by atoms with Gasteiger partial charge in [0.05, 0.1) is 11.4 Å². The van der Waals surface area contributed by atoms with Crippen LogP contribution in [0.2, 0.25) is 0 Å². The summed E-state index contributed by atoms with van der Waals surface area (Å²) in [4.78, 5) is 24.1. The molecule has 0 aromatic heterocycles.